The van der Waals surface area contributed by atoms with E-state index in [-0.39, 0.29) is 26.2 Å². The number of hydrogen-bond acceptors (Lipinski definition) is 16. The van der Waals surface area contributed by atoms with Crippen molar-refractivity contribution in [3.8, 4) is 0 Å². The molecule has 120 valence electrons. The maximum Gasteiger partial charge on any atom is 4.00 e. The minimum Gasteiger partial charge on any atom is -0.472 e. The molecule has 0 rings (SSSR count). The second-order valence-corrected chi connectivity index (χ2v) is 1.47. The summed E-state index contributed by atoms with van der Waals surface area (Å²) in [6.07, 6.45) is -6.87. The summed E-state index contributed by atoms with van der Waals surface area (Å²) in [5.41, 5.74) is 0. The first-order valence-corrected chi connectivity index (χ1v) is 3.39. The molecule has 0 spiro atoms. The first-order valence-electron chi connectivity index (χ1n) is 3.39. The molecular weight excluding hydrogens is 387 g/mol. The van der Waals surface area contributed by atoms with Crippen molar-refractivity contribution in [2.24, 2.45) is 23.6 Å². The molecule has 21 heavy (non-hydrogen) atoms. The van der Waals surface area contributed by atoms with Gasteiger partial charge in [0.05, 0.1) is 0 Å². The third kappa shape index (κ3) is 132. The topological polar surface area (TPSA) is 302 Å². The fraction of sp³-hybridized carbons (Fsp3) is 0. The van der Waals surface area contributed by atoms with Gasteiger partial charge in [-0.05, 0) is 0 Å². The normalized spacial score (nSPS) is 6.29. The molecule has 0 amide bonds. The van der Waals surface area contributed by atoms with Gasteiger partial charge in [0.1, 0.15) is 0 Å². The van der Waals surface area contributed by atoms with Crippen LogP contribution in [0, 0.1) is 0 Å². The minimum atomic E-state index is -1.72. The Balaban J connectivity index is -0.0000000533. The van der Waals surface area contributed by atoms with Gasteiger partial charge in [-0.3, -0.25) is 0 Å². The smallest absolute Gasteiger partial charge is 0.472 e. The summed E-state index contributed by atoms with van der Waals surface area (Å²) in [7, 11) is 0. The molecule has 0 aromatic rings. The van der Waals surface area contributed by atoms with Crippen LogP contribution in [0.2, 0.25) is 0 Å². The van der Waals surface area contributed by atoms with E-state index in [9.17, 15) is 0 Å². The molecule has 17 heteroatoms. The Bertz CT molecular complexity index is 230. The van der Waals surface area contributed by atoms with Crippen LogP contribution in [0.15, 0.2) is 0 Å². The van der Waals surface area contributed by atoms with Gasteiger partial charge in [-0.25, -0.2) is 23.6 Å². The average Bonchev–Trinajstić information content (AvgIpc) is 2.40. The van der Waals surface area contributed by atoms with Gasteiger partial charge in [-0.2, -0.15) is 0 Å². The van der Waals surface area contributed by atoms with Crippen molar-refractivity contribution in [3.63, 3.8) is 0 Å². The molecular formula is C4H8N4O12Zr. The quantitative estimate of drug-likeness (QED) is 0.277. The van der Waals surface area contributed by atoms with Crippen molar-refractivity contribution >= 4 is 24.6 Å². The molecule has 0 unspecified atom stereocenters. The molecule has 0 saturated carbocycles. The molecule has 0 heterocycles. The first-order chi connectivity index (χ1) is 9.08. The number of carboxylic acid groups (broad SMARTS) is 4. The predicted molar refractivity (Wildman–Crippen MR) is 42.7 cm³/mol. The number of nitrogens with two attached hydrogens (primary N) is 4. The van der Waals surface area contributed by atoms with Gasteiger partial charge < -0.3 is 59.0 Å². The molecule has 0 saturated heterocycles. The Labute approximate surface area is 134 Å². The van der Waals surface area contributed by atoms with Gasteiger partial charge in [-0.15, -0.1) is 0 Å². The van der Waals surface area contributed by atoms with Gasteiger partial charge in [-0.1, -0.05) is 0 Å². The van der Waals surface area contributed by atoms with E-state index < -0.39 is 24.6 Å². The van der Waals surface area contributed by atoms with Crippen LogP contribution in [-0.4, -0.2) is 24.6 Å². The van der Waals surface area contributed by atoms with Crippen molar-refractivity contribution in [1.29, 1.82) is 0 Å². The Hall–Kier alpha value is -2.20. The fourth-order valence-electron chi connectivity index (χ4n) is 0. The molecule has 0 aliphatic carbocycles. The van der Waals surface area contributed by atoms with E-state index in [1.807, 2.05) is 0 Å². The van der Waals surface area contributed by atoms with Gasteiger partial charge in [0, 0.05) is 0 Å². The number of carbonyl (C=O) groups is 4. The van der Waals surface area contributed by atoms with Gasteiger partial charge in [0.15, 0.2) is 0 Å². The predicted octanol–water partition coefficient (Wildman–Crippen LogP) is -7.12. The zero-order valence-corrected chi connectivity index (χ0v) is 12.2. The summed E-state index contributed by atoms with van der Waals surface area (Å²) >= 11 is 0. The Morgan fingerprint density at radius 2 is 0.571 bits per heavy atom. The van der Waals surface area contributed by atoms with E-state index in [4.69, 9.17) is 39.6 Å². The van der Waals surface area contributed by atoms with Crippen molar-refractivity contribution in [1.82, 2.24) is 0 Å². The maximum atomic E-state index is 8.91. The third-order valence-corrected chi connectivity index (χ3v) is 0.385. The summed E-state index contributed by atoms with van der Waals surface area (Å²) in [5, 5.41) is 35.6. The maximum absolute atomic E-state index is 8.91. The SMILES string of the molecule is NOC(=O)[O-].NOC(=O)[O-].NOC(=O)[O-].NOC(=O)[O-].[Zr+4]. The molecule has 0 radical (unpaired) electrons. The van der Waals surface area contributed by atoms with Crippen LogP contribution in [0.5, 0.6) is 0 Å². The molecule has 0 bridgehead atoms. The Morgan fingerprint density at radius 3 is 0.571 bits per heavy atom. The molecule has 0 atom stereocenters. The van der Waals surface area contributed by atoms with Crippen LogP contribution in [0.3, 0.4) is 0 Å². The van der Waals surface area contributed by atoms with Crippen molar-refractivity contribution in [2.75, 3.05) is 0 Å². The summed E-state index contributed by atoms with van der Waals surface area (Å²) in [6.45, 7) is 0. The van der Waals surface area contributed by atoms with Crippen LogP contribution >= 0.6 is 0 Å². The van der Waals surface area contributed by atoms with E-state index in [2.05, 4.69) is 42.9 Å². The summed E-state index contributed by atoms with van der Waals surface area (Å²) in [6, 6.07) is 0. The molecule has 0 aromatic carbocycles. The van der Waals surface area contributed by atoms with Gasteiger partial charge >= 0.3 is 26.2 Å². The second kappa shape index (κ2) is 26.4. The summed E-state index contributed by atoms with van der Waals surface area (Å²) in [4.78, 5) is 47.9. The fourth-order valence-corrected chi connectivity index (χ4v) is 0. The Morgan fingerprint density at radius 1 is 0.524 bits per heavy atom. The first kappa shape index (κ1) is 31.3. The van der Waals surface area contributed by atoms with Gasteiger partial charge in [0.25, 0.3) is 24.6 Å². The van der Waals surface area contributed by atoms with Crippen LogP contribution in [0.25, 0.3) is 0 Å². The van der Waals surface area contributed by atoms with E-state index in [0.717, 1.165) is 0 Å². The van der Waals surface area contributed by atoms with Crippen molar-refractivity contribution in [2.45, 2.75) is 0 Å². The molecule has 0 aliphatic heterocycles. The van der Waals surface area contributed by atoms with E-state index in [0.29, 0.717) is 0 Å². The summed E-state index contributed by atoms with van der Waals surface area (Å²) in [5.74, 6) is 16.0. The second-order valence-electron chi connectivity index (χ2n) is 1.47. The van der Waals surface area contributed by atoms with Gasteiger partial charge in [0.2, 0.25) is 0 Å². The third-order valence-electron chi connectivity index (χ3n) is 0.385. The van der Waals surface area contributed by atoms with E-state index in [1.165, 1.54) is 0 Å². The summed E-state index contributed by atoms with van der Waals surface area (Å²) < 4.78 is 0. The van der Waals surface area contributed by atoms with E-state index in [1.54, 1.807) is 0 Å². The Kier molecular flexibility index (Phi) is 39.3. The van der Waals surface area contributed by atoms with Crippen molar-refractivity contribution < 1.29 is 85.2 Å². The monoisotopic (exact) mass is 394 g/mol. The van der Waals surface area contributed by atoms with Crippen LogP contribution in [0.1, 0.15) is 0 Å². The largest absolute Gasteiger partial charge is 4.00 e. The molecule has 0 aromatic heterocycles. The number of rotatable bonds is 0. The van der Waals surface area contributed by atoms with Crippen molar-refractivity contribution in [3.05, 3.63) is 0 Å². The number of carbonyl (C=O) groups excluding carboxylic acids is 4. The minimum absolute atomic E-state index is 0. The molecule has 0 fully saturated rings. The van der Waals surface area contributed by atoms with E-state index >= 15 is 0 Å². The van der Waals surface area contributed by atoms with Crippen LogP contribution in [-0.2, 0) is 45.6 Å². The average molecular weight is 395 g/mol. The zero-order chi connectivity index (χ0) is 17.1. The number of hydrogen-bond donors (Lipinski definition) is 4. The molecule has 0 aliphatic rings. The molecule has 16 nitrogen and oxygen atoms in total. The van der Waals surface area contributed by atoms with Crippen LogP contribution in [0.4, 0.5) is 19.2 Å². The molecule has 8 N–H and O–H groups in total. The zero-order valence-electron chi connectivity index (χ0n) is 9.71. The van der Waals surface area contributed by atoms with Crippen LogP contribution < -0.4 is 44.0 Å². The standard InChI is InChI=1S/4CH3NO3.Zr/c4*2-5-1(3)4;/h4*2H2,(H,3,4);/q;;;;+4/p-4.